The summed E-state index contributed by atoms with van der Waals surface area (Å²) in [6.07, 6.45) is 1.45. The van der Waals surface area contributed by atoms with Gasteiger partial charge in [-0.15, -0.1) is 0 Å². The Morgan fingerprint density at radius 2 is 1.79 bits per heavy atom. The quantitative estimate of drug-likeness (QED) is 0.316. The third-order valence-electron chi connectivity index (χ3n) is 4.63. The van der Waals surface area contributed by atoms with Crippen LogP contribution in [0.5, 0.6) is 11.5 Å². The zero-order chi connectivity index (χ0) is 23.4. The summed E-state index contributed by atoms with van der Waals surface area (Å²) in [5.74, 6) is -0.218. The molecule has 1 heterocycles. The van der Waals surface area contributed by atoms with Crippen molar-refractivity contribution < 1.29 is 24.0 Å². The van der Waals surface area contributed by atoms with Crippen LogP contribution in [0.15, 0.2) is 72.4 Å². The van der Waals surface area contributed by atoms with E-state index in [2.05, 4.69) is 10.6 Å². The van der Waals surface area contributed by atoms with Crippen molar-refractivity contribution in [3.8, 4) is 11.5 Å². The monoisotopic (exact) mass is 465 g/mol. The number of ether oxygens (including phenoxy) is 2. The van der Waals surface area contributed by atoms with Crippen LogP contribution in [0.2, 0.25) is 5.02 Å². The summed E-state index contributed by atoms with van der Waals surface area (Å²) in [4.78, 5) is 36.3. The van der Waals surface area contributed by atoms with Crippen LogP contribution in [0.3, 0.4) is 0 Å². The van der Waals surface area contributed by atoms with Crippen molar-refractivity contribution in [2.75, 3.05) is 12.1 Å². The minimum atomic E-state index is -0.687. The maximum atomic E-state index is 13.0. The first-order valence-corrected chi connectivity index (χ1v) is 10.0. The Kier molecular flexibility index (Phi) is 6.23. The number of nitrogens with zero attached hydrogens (tertiary/aromatic N) is 1. The minimum absolute atomic E-state index is 0.0892. The number of nitro groups is 1. The second kappa shape index (κ2) is 9.41. The van der Waals surface area contributed by atoms with Gasteiger partial charge in [-0.05, 0) is 42.0 Å². The molecule has 0 unspecified atom stereocenters. The SMILES string of the molecule is O=C(Nc1cccc([N+](=O)[O-])c1)C(=Cc1ccc2c(c1)OCO2)NC(=O)c1ccccc1Cl. The van der Waals surface area contributed by atoms with Gasteiger partial charge in [0.15, 0.2) is 11.5 Å². The molecule has 0 saturated carbocycles. The first-order valence-electron chi connectivity index (χ1n) is 9.64. The molecule has 3 aromatic carbocycles. The van der Waals surface area contributed by atoms with Gasteiger partial charge in [-0.1, -0.05) is 35.9 Å². The number of hydrogen-bond donors (Lipinski definition) is 2. The molecule has 10 heteroatoms. The van der Waals surface area contributed by atoms with Gasteiger partial charge in [0.2, 0.25) is 6.79 Å². The molecule has 1 aliphatic heterocycles. The maximum absolute atomic E-state index is 13.0. The molecule has 0 fully saturated rings. The summed E-state index contributed by atoms with van der Waals surface area (Å²) >= 11 is 6.11. The van der Waals surface area contributed by atoms with Crippen molar-refractivity contribution in [2.45, 2.75) is 0 Å². The Hall–Kier alpha value is -4.37. The molecule has 166 valence electrons. The smallest absolute Gasteiger partial charge is 0.272 e. The lowest BCUT2D eigenvalue weighted by molar-refractivity contribution is -0.384. The van der Waals surface area contributed by atoms with Crippen molar-refractivity contribution in [3.05, 3.63) is 98.7 Å². The number of nitrogens with one attached hydrogen (secondary N) is 2. The topological polar surface area (TPSA) is 120 Å². The average molecular weight is 466 g/mol. The zero-order valence-corrected chi connectivity index (χ0v) is 17.7. The summed E-state index contributed by atoms with van der Waals surface area (Å²) in [5.41, 5.74) is 0.638. The fourth-order valence-corrected chi connectivity index (χ4v) is 3.28. The second-order valence-corrected chi connectivity index (χ2v) is 7.27. The molecule has 0 saturated heterocycles. The zero-order valence-electron chi connectivity index (χ0n) is 16.9. The van der Waals surface area contributed by atoms with Crippen molar-refractivity contribution in [2.24, 2.45) is 0 Å². The van der Waals surface area contributed by atoms with E-state index in [-0.39, 0.29) is 34.5 Å². The Morgan fingerprint density at radius 1 is 1.00 bits per heavy atom. The number of rotatable bonds is 6. The molecule has 2 N–H and O–H groups in total. The molecule has 0 aliphatic carbocycles. The Morgan fingerprint density at radius 3 is 2.58 bits per heavy atom. The van der Waals surface area contributed by atoms with E-state index in [0.717, 1.165) is 0 Å². The van der Waals surface area contributed by atoms with Gasteiger partial charge in [0.05, 0.1) is 15.5 Å². The Balaban J connectivity index is 1.65. The first kappa shape index (κ1) is 21.8. The maximum Gasteiger partial charge on any atom is 0.272 e. The number of carbonyl (C=O) groups excluding carboxylic acids is 2. The van der Waals surface area contributed by atoms with Gasteiger partial charge in [-0.25, -0.2) is 0 Å². The van der Waals surface area contributed by atoms with Crippen LogP contribution in [-0.2, 0) is 4.79 Å². The van der Waals surface area contributed by atoms with Crippen molar-refractivity contribution >= 4 is 40.9 Å². The molecule has 0 radical (unpaired) electrons. The van der Waals surface area contributed by atoms with Gasteiger partial charge in [-0.2, -0.15) is 0 Å². The van der Waals surface area contributed by atoms with E-state index in [4.69, 9.17) is 21.1 Å². The van der Waals surface area contributed by atoms with Crippen molar-refractivity contribution in [3.63, 3.8) is 0 Å². The summed E-state index contributed by atoms with van der Waals surface area (Å²) in [7, 11) is 0. The summed E-state index contributed by atoms with van der Waals surface area (Å²) < 4.78 is 10.6. The molecule has 3 aromatic rings. The number of carbonyl (C=O) groups is 2. The predicted molar refractivity (Wildman–Crippen MR) is 121 cm³/mol. The predicted octanol–water partition coefficient (Wildman–Crippen LogP) is 4.39. The van der Waals surface area contributed by atoms with Gasteiger partial charge in [0.1, 0.15) is 5.70 Å². The van der Waals surface area contributed by atoms with Crippen LogP contribution in [0.25, 0.3) is 6.08 Å². The highest BCUT2D eigenvalue weighted by atomic mass is 35.5. The molecule has 0 aromatic heterocycles. The number of benzene rings is 3. The highest BCUT2D eigenvalue weighted by Crippen LogP contribution is 2.33. The van der Waals surface area contributed by atoms with Gasteiger partial charge in [0.25, 0.3) is 17.5 Å². The number of halogens is 1. The first-order chi connectivity index (χ1) is 15.9. The Labute approximate surface area is 192 Å². The highest BCUT2D eigenvalue weighted by Gasteiger charge is 2.19. The van der Waals surface area contributed by atoms with Crippen LogP contribution in [0.4, 0.5) is 11.4 Å². The number of fused-ring (bicyclic) bond motifs is 1. The van der Waals surface area contributed by atoms with Gasteiger partial charge in [0, 0.05) is 17.8 Å². The fourth-order valence-electron chi connectivity index (χ4n) is 3.06. The molecule has 1 aliphatic rings. The van der Waals surface area contributed by atoms with E-state index in [0.29, 0.717) is 17.1 Å². The molecule has 0 spiro atoms. The number of non-ortho nitro benzene ring substituents is 1. The number of hydrogen-bond acceptors (Lipinski definition) is 6. The summed E-state index contributed by atoms with van der Waals surface area (Å²) in [6.45, 7) is 0.0892. The average Bonchev–Trinajstić information content (AvgIpc) is 3.27. The van der Waals surface area contributed by atoms with Gasteiger partial charge >= 0.3 is 0 Å². The van der Waals surface area contributed by atoms with Crippen molar-refractivity contribution in [1.29, 1.82) is 0 Å². The number of amides is 2. The van der Waals surface area contributed by atoms with E-state index in [1.54, 1.807) is 36.4 Å². The van der Waals surface area contributed by atoms with E-state index >= 15 is 0 Å². The van der Waals surface area contributed by atoms with Crippen LogP contribution >= 0.6 is 11.6 Å². The van der Waals surface area contributed by atoms with E-state index < -0.39 is 16.7 Å². The van der Waals surface area contributed by atoms with Crippen LogP contribution in [0.1, 0.15) is 15.9 Å². The van der Waals surface area contributed by atoms with E-state index in [1.807, 2.05) is 0 Å². The standard InChI is InChI=1S/C23H16ClN3O6/c24-18-7-2-1-6-17(18)22(28)26-19(10-14-8-9-20-21(11-14)33-13-32-20)23(29)25-15-4-3-5-16(12-15)27(30)31/h1-12H,13H2,(H,25,29)(H,26,28). The lowest BCUT2D eigenvalue weighted by Gasteiger charge is -2.12. The molecule has 0 bridgehead atoms. The lowest BCUT2D eigenvalue weighted by atomic mass is 10.1. The molecule has 9 nitrogen and oxygen atoms in total. The van der Waals surface area contributed by atoms with Crippen LogP contribution in [0, 0.1) is 10.1 Å². The normalized spacial score (nSPS) is 12.2. The third-order valence-corrected chi connectivity index (χ3v) is 4.96. The molecule has 0 atom stereocenters. The number of anilines is 1. The molecular formula is C23H16ClN3O6. The van der Waals surface area contributed by atoms with Crippen LogP contribution in [-0.4, -0.2) is 23.5 Å². The Bertz CT molecular complexity index is 1290. The van der Waals surface area contributed by atoms with Crippen molar-refractivity contribution in [1.82, 2.24) is 5.32 Å². The largest absolute Gasteiger partial charge is 0.454 e. The minimum Gasteiger partial charge on any atom is -0.454 e. The fraction of sp³-hybridized carbons (Fsp3) is 0.0435. The van der Waals surface area contributed by atoms with Gasteiger partial charge in [-0.3, -0.25) is 19.7 Å². The summed E-state index contributed by atoms with van der Waals surface area (Å²) in [5, 5.41) is 16.4. The second-order valence-electron chi connectivity index (χ2n) is 6.87. The van der Waals surface area contributed by atoms with Gasteiger partial charge < -0.3 is 20.1 Å². The molecule has 33 heavy (non-hydrogen) atoms. The third kappa shape index (κ3) is 5.10. The molecular weight excluding hydrogens is 450 g/mol. The highest BCUT2D eigenvalue weighted by molar-refractivity contribution is 6.34. The molecule has 2 amide bonds. The van der Waals surface area contributed by atoms with E-state index in [1.165, 1.54) is 36.4 Å². The van der Waals surface area contributed by atoms with Crippen LogP contribution < -0.4 is 20.1 Å². The lowest BCUT2D eigenvalue weighted by Crippen LogP contribution is -2.31. The molecule has 4 rings (SSSR count). The summed E-state index contributed by atoms with van der Waals surface area (Å²) in [6, 6.07) is 16.9. The number of nitro benzene ring substituents is 1. The van der Waals surface area contributed by atoms with E-state index in [9.17, 15) is 19.7 Å².